The molecule has 85 heavy (non-hydrogen) atoms. The molecule has 0 radical (unpaired) electrons. The maximum Gasteiger partial charge on any atom is 2.00 e. The van der Waals surface area contributed by atoms with E-state index in [4.69, 9.17) is 19.9 Å². The van der Waals surface area contributed by atoms with Gasteiger partial charge in [-0.1, -0.05) is 88.0 Å². The fourth-order valence-electron chi connectivity index (χ4n) is 11.5. The number of aromatic nitrogens is 4. The van der Waals surface area contributed by atoms with Crippen LogP contribution in [0.1, 0.15) is 67.3 Å². The largest absolute Gasteiger partial charge is 2.00 e. The quantitative estimate of drug-likeness (QED) is 0.0682. The first kappa shape index (κ1) is 66.5. The summed E-state index contributed by atoms with van der Waals surface area (Å²) in [5.41, 5.74) is 24.0. The first-order chi connectivity index (χ1) is 39.8. The van der Waals surface area contributed by atoms with Crippen LogP contribution < -0.4 is 9.97 Å². The number of hydrogen-bond donors (Lipinski definition) is 0. The summed E-state index contributed by atoms with van der Waals surface area (Å²) in [4.78, 5) is 41.0. The van der Waals surface area contributed by atoms with Gasteiger partial charge in [0.1, 0.15) is 0 Å². The van der Waals surface area contributed by atoms with E-state index >= 15 is 0 Å². The molecule has 0 unspecified atom stereocenters. The van der Waals surface area contributed by atoms with Crippen molar-refractivity contribution in [2.45, 2.75) is 52.4 Å². The minimum absolute atomic E-state index is 0. The second kappa shape index (κ2) is 28.4. The SMILES string of the molecule is CN(C)Cc1cc(-c2c3nc(c(-c4cc(CN(C)C)c(Br)c(CN(C)C)c4)c4ccc([n-]4)c(-c4cc(CN(C)C)c(Br)c(CN(C)C)c4)c4nc(c(-c5cc(CN(C)C)c(Br)c(CN(C)C)c5)c5ccc2[n-]5)C=C4)C=C3)cc(CN(C)C)c1Br.[Ni+2]. The predicted octanol–water partition coefficient (Wildman–Crippen LogP) is 14.1. The number of hydrogen-bond acceptors (Lipinski definition) is 10. The van der Waals surface area contributed by atoms with Crippen LogP contribution in [0, 0.1) is 0 Å². The molecule has 2 aliphatic heterocycles. The van der Waals surface area contributed by atoms with E-state index in [9.17, 15) is 0 Å². The van der Waals surface area contributed by atoms with Crippen LogP contribution in [0.25, 0.3) is 90.9 Å². The Morgan fingerprint density at radius 2 is 0.435 bits per heavy atom. The Morgan fingerprint density at radius 1 is 0.282 bits per heavy atom. The van der Waals surface area contributed by atoms with Crippen molar-refractivity contribution in [1.82, 2.24) is 59.1 Å². The third-order valence-electron chi connectivity index (χ3n) is 14.5. The van der Waals surface area contributed by atoms with Crippen molar-refractivity contribution < 1.29 is 16.5 Å². The molecule has 0 fully saturated rings. The third-order valence-corrected chi connectivity index (χ3v) is 18.6. The fourth-order valence-corrected chi connectivity index (χ4v) is 13.4. The first-order valence-corrected chi connectivity index (χ1v) is 31.5. The van der Waals surface area contributed by atoms with Gasteiger partial charge in [-0.05, 0) is 275 Å². The van der Waals surface area contributed by atoms with Crippen LogP contribution in [0.5, 0.6) is 0 Å². The molecular formula is C68H80Br4N12Ni. The van der Waals surface area contributed by atoms with Gasteiger partial charge >= 0.3 is 16.5 Å². The van der Waals surface area contributed by atoms with Crippen LogP contribution in [0.15, 0.2) is 90.7 Å². The summed E-state index contributed by atoms with van der Waals surface area (Å²) < 4.78 is 4.42. The van der Waals surface area contributed by atoms with E-state index in [0.717, 1.165) is 160 Å². The van der Waals surface area contributed by atoms with Crippen LogP contribution in [0.3, 0.4) is 0 Å². The summed E-state index contributed by atoms with van der Waals surface area (Å²) >= 11 is 16.3. The second-order valence-electron chi connectivity index (χ2n) is 24.7. The Hall–Kier alpha value is -4.43. The zero-order chi connectivity index (χ0) is 60.6. The summed E-state index contributed by atoms with van der Waals surface area (Å²) in [5, 5.41) is 0. The zero-order valence-electron chi connectivity index (χ0n) is 52.1. The summed E-state index contributed by atoms with van der Waals surface area (Å²) in [6.45, 7) is 5.91. The molecule has 0 amide bonds. The van der Waals surface area contributed by atoms with Gasteiger partial charge in [-0.3, -0.25) is 0 Å². The van der Waals surface area contributed by atoms with Gasteiger partial charge in [-0.25, -0.2) is 9.97 Å². The zero-order valence-corrected chi connectivity index (χ0v) is 59.4. The molecular weight excluding hydrogens is 1360 g/mol. The molecule has 17 heteroatoms. The normalized spacial score (nSPS) is 12.6. The molecule has 8 bridgehead atoms. The molecule has 0 spiro atoms. The van der Waals surface area contributed by atoms with E-state index in [1.807, 2.05) is 0 Å². The summed E-state index contributed by atoms with van der Waals surface area (Å²) in [7, 11) is 34.0. The molecule has 2 aliphatic rings. The number of halogens is 4. The van der Waals surface area contributed by atoms with Gasteiger partial charge in [0.15, 0.2) is 0 Å². The van der Waals surface area contributed by atoms with Crippen molar-refractivity contribution in [1.29, 1.82) is 0 Å². The maximum atomic E-state index is 5.80. The monoisotopic (exact) mass is 1440 g/mol. The molecule has 0 atom stereocenters. The summed E-state index contributed by atoms with van der Waals surface area (Å²) in [5.74, 6) is 0. The van der Waals surface area contributed by atoms with Crippen LogP contribution in [-0.4, -0.2) is 162 Å². The Balaban J connectivity index is 0.00000940. The van der Waals surface area contributed by atoms with Crippen LogP contribution >= 0.6 is 63.7 Å². The maximum absolute atomic E-state index is 5.80. The minimum Gasteiger partial charge on any atom is -0.657 e. The first-order valence-electron chi connectivity index (χ1n) is 28.3. The van der Waals surface area contributed by atoms with E-state index in [1.54, 1.807) is 0 Å². The van der Waals surface area contributed by atoms with E-state index in [-0.39, 0.29) is 16.5 Å². The molecule has 0 saturated heterocycles. The fraction of sp³-hybridized carbons (Fsp3) is 0.353. The van der Waals surface area contributed by atoms with Crippen molar-refractivity contribution in [3.05, 3.63) is 158 Å². The van der Waals surface area contributed by atoms with Crippen molar-refractivity contribution in [2.75, 3.05) is 113 Å². The molecule has 9 rings (SSSR count). The smallest absolute Gasteiger partial charge is 0.657 e. The standard InChI is InChI=1S/C68H80Br4N12.Ni/c1-77(2)33-45-25-41(26-46(65(45)69)34-78(3)4)61-53-17-19-55(73-53)62(42-27-47(35-79(5)6)66(70)48(28-42)36-80(7)8)57-21-23-59(75-57)64(44-31-51(39-83(13)14)68(72)52(32-44)40-84(15)16)60-24-22-58(76-60)63(56-20-18-54(61)74-56)43-29-49(37-81(9)10)67(71)50(30-43)38-82(11)12;/h17-32H,33-40H2,1-16H3;/q-2;+2. The van der Waals surface area contributed by atoms with Gasteiger partial charge in [-0.2, -0.15) is 0 Å². The number of nitrogens with zero attached hydrogens (tertiary/aromatic N) is 12. The van der Waals surface area contributed by atoms with Gasteiger partial charge in [0, 0.05) is 70.2 Å². The topological polar surface area (TPSA) is 79.9 Å². The molecule has 5 heterocycles. The van der Waals surface area contributed by atoms with Crippen molar-refractivity contribution >= 4 is 110 Å². The number of benzene rings is 4. The van der Waals surface area contributed by atoms with Gasteiger partial charge in [0.2, 0.25) is 0 Å². The molecule has 0 saturated carbocycles. The van der Waals surface area contributed by atoms with Crippen molar-refractivity contribution in [3.8, 4) is 44.5 Å². The van der Waals surface area contributed by atoms with Gasteiger partial charge in [0.25, 0.3) is 0 Å². The molecule has 450 valence electrons. The van der Waals surface area contributed by atoms with E-state index in [0.29, 0.717) is 0 Å². The average Bonchev–Trinajstić information content (AvgIpc) is 2.14. The van der Waals surface area contributed by atoms with Crippen molar-refractivity contribution in [2.24, 2.45) is 0 Å². The van der Waals surface area contributed by atoms with Crippen LogP contribution in [-0.2, 0) is 68.8 Å². The molecule has 3 aromatic heterocycles. The summed E-state index contributed by atoms with van der Waals surface area (Å²) in [6.07, 6.45) is 8.74. The van der Waals surface area contributed by atoms with Gasteiger partial charge in [-0.15, -0.1) is 22.1 Å². The number of rotatable bonds is 20. The van der Waals surface area contributed by atoms with Gasteiger partial charge < -0.3 is 49.2 Å². The van der Waals surface area contributed by atoms with Crippen LogP contribution in [0.4, 0.5) is 0 Å². The Morgan fingerprint density at radius 3 is 0.576 bits per heavy atom. The van der Waals surface area contributed by atoms with Crippen LogP contribution in [0.2, 0.25) is 0 Å². The molecule has 12 nitrogen and oxygen atoms in total. The third kappa shape index (κ3) is 15.5. The summed E-state index contributed by atoms with van der Waals surface area (Å²) in [6, 6.07) is 27.3. The molecule has 0 aliphatic carbocycles. The molecule has 7 aromatic rings. The average molecular weight is 1440 g/mol. The predicted molar refractivity (Wildman–Crippen MR) is 368 cm³/mol. The van der Waals surface area contributed by atoms with Gasteiger partial charge in [0.05, 0.1) is 22.8 Å². The molecule has 0 N–H and O–H groups in total. The number of fused-ring (bicyclic) bond motifs is 8. The second-order valence-corrected chi connectivity index (χ2v) is 27.9. The Kier molecular flexibility index (Phi) is 22.2. The van der Waals surface area contributed by atoms with Crippen molar-refractivity contribution in [3.63, 3.8) is 0 Å². The van der Waals surface area contributed by atoms with E-state index < -0.39 is 0 Å². The Labute approximate surface area is 548 Å². The molecule has 4 aromatic carbocycles. The Bertz CT molecular complexity index is 3240. The van der Waals surface area contributed by atoms with E-state index in [1.165, 1.54) is 44.5 Å². The van der Waals surface area contributed by atoms with E-state index in [2.05, 4.69) is 313 Å². The minimum atomic E-state index is 0.